The molecule has 3 N–H and O–H groups in total. The number of aromatic carboxylic acids is 1. The van der Waals surface area contributed by atoms with Crippen molar-refractivity contribution in [1.82, 2.24) is 8.80 Å². The summed E-state index contributed by atoms with van der Waals surface area (Å²) < 4.78 is 14.4. The number of pyridine rings is 2. The molecule has 0 atom stereocenters. The number of benzene rings is 2. The van der Waals surface area contributed by atoms with Crippen LogP contribution in [0.4, 0.5) is 0 Å². The van der Waals surface area contributed by atoms with Crippen molar-refractivity contribution in [3.05, 3.63) is 84.2 Å². The van der Waals surface area contributed by atoms with Crippen LogP contribution in [0.2, 0.25) is 0 Å². The van der Waals surface area contributed by atoms with Crippen molar-refractivity contribution in [1.29, 1.82) is 0 Å². The number of esters is 1. The van der Waals surface area contributed by atoms with Crippen molar-refractivity contribution in [2.24, 2.45) is 0 Å². The van der Waals surface area contributed by atoms with Crippen molar-refractivity contribution in [2.75, 3.05) is 7.11 Å². The maximum absolute atomic E-state index is 13.7. The number of aromatic nitrogens is 2. The van der Waals surface area contributed by atoms with E-state index in [4.69, 9.17) is 9.47 Å². The first-order valence-electron chi connectivity index (χ1n) is 10.9. The molecule has 0 saturated carbocycles. The fraction of sp³-hybridized carbons (Fsp3) is 0.0370. The third-order valence-electron chi connectivity index (χ3n) is 6.21. The van der Waals surface area contributed by atoms with Gasteiger partial charge in [0.25, 0.3) is 0 Å². The number of nitrogens with zero attached hydrogens (tertiary/aromatic N) is 2. The van der Waals surface area contributed by atoms with E-state index < -0.39 is 11.9 Å². The average Bonchev–Trinajstić information content (AvgIpc) is 3.37. The maximum Gasteiger partial charge on any atom is 0.346 e. The highest BCUT2D eigenvalue weighted by atomic mass is 16.5. The Kier molecular flexibility index (Phi) is 4.55. The molecule has 4 heterocycles. The number of carboxylic acids is 1. The molecule has 0 unspecified atom stereocenters. The molecule has 0 bridgehead atoms. The molecular formula is C27H18N2O7. The lowest BCUT2D eigenvalue weighted by Crippen LogP contribution is -2.10. The Hall–Kier alpha value is -5.18. The molecule has 178 valence electrons. The first-order chi connectivity index (χ1) is 17.4. The van der Waals surface area contributed by atoms with Crippen LogP contribution in [0.25, 0.3) is 32.8 Å². The van der Waals surface area contributed by atoms with Crippen LogP contribution in [-0.4, -0.2) is 43.2 Å². The van der Waals surface area contributed by atoms with Crippen LogP contribution in [0.1, 0.15) is 20.7 Å². The number of carboxylic acid groups (broad SMARTS) is 1. The van der Waals surface area contributed by atoms with Crippen molar-refractivity contribution in [2.45, 2.75) is 0 Å². The Labute approximate surface area is 202 Å². The zero-order valence-electron chi connectivity index (χ0n) is 18.8. The predicted molar refractivity (Wildman–Crippen MR) is 132 cm³/mol. The third-order valence-corrected chi connectivity index (χ3v) is 6.21. The lowest BCUT2D eigenvalue weighted by molar-refractivity contribution is 0.0693. The van der Waals surface area contributed by atoms with E-state index in [0.29, 0.717) is 27.3 Å². The van der Waals surface area contributed by atoms with E-state index in [2.05, 4.69) is 0 Å². The van der Waals surface area contributed by atoms with Gasteiger partial charge in [0, 0.05) is 22.9 Å². The SMILES string of the molecule is COc1cc(O)cn2c1c(C(=O)Oc1cc(O)cn3c1c(C(=O)O)c1ccccc13)c1ccccc12. The van der Waals surface area contributed by atoms with Crippen molar-refractivity contribution < 1.29 is 34.4 Å². The lowest BCUT2D eigenvalue weighted by atomic mass is 10.1. The van der Waals surface area contributed by atoms with Crippen LogP contribution >= 0.6 is 0 Å². The molecule has 6 aromatic rings. The summed E-state index contributed by atoms with van der Waals surface area (Å²) in [5.41, 5.74) is 1.78. The number of hydrogen-bond donors (Lipinski definition) is 3. The van der Waals surface area contributed by atoms with E-state index >= 15 is 0 Å². The molecule has 4 aromatic heterocycles. The van der Waals surface area contributed by atoms with Gasteiger partial charge in [0.2, 0.25) is 0 Å². The first-order valence-corrected chi connectivity index (χ1v) is 10.9. The van der Waals surface area contributed by atoms with Crippen LogP contribution in [0.3, 0.4) is 0 Å². The van der Waals surface area contributed by atoms with Gasteiger partial charge in [-0.25, -0.2) is 9.59 Å². The van der Waals surface area contributed by atoms with E-state index in [9.17, 15) is 24.9 Å². The van der Waals surface area contributed by atoms with E-state index in [0.717, 1.165) is 0 Å². The molecule has 0 aliphatic rings. The Morgan fingerprint density at radius 2 is 1.25 bits per heavy atom. The zero-order chi connectivity index (χ0) is 25.1. The number of carbonyl (C=O) groups is 2. The topological polar surface area (TPSA) is 122 Å². The summed E-state index contributed by atoms with van der Waals surface area (Å²) in [7, 11) is 1.42. The fourth-order valence-electron chi connectivity index (χ4n) is 4.83. The van der Waals surface area contributed by atoms with Gasteiger partial charge in [0.05, 0.1) is 41.7 Å². The number of aromatic hydroxyl groups is 2. The molecule has 0 radical (unpaired) electrons. The second kappa shape index (κ2) is 7.67. The summed E-state index contributed by atoms with van der Waals surface area (Å²) in [5.74, 6) is -2.12. The normalized spacial score (nSPS) is 11.5. The van der Waals surface area contributed by atoms with Gasteiger partial charge >= 0.3 is 11.9 Å². The molecular weight excluding hydrogens is 464 g/mol. The molecule has 0 spiro atoms. The summed E-state index contributed by atoms with van der Waals surface area (Å²) in [4.78, 5) is 26.0. The molecule has 0 aliphatic carbocycles. The standard InChI is InChI=1S/C27H18N2O7/c1-35-20-10-14(30)12-28-19-9-5-3-7-17(19)23(24(20)28)27(34)36-21-11-15(31)13-29-18-8-4-2-6-16(18)22(25(21)29)26(32)33/h2-13,30-31H,1H3,(H,32,33). The highest BCUT2D eigenvalue weighted by molar-refractivity contribution is 6.15. The van der Waals surface area contributed by atoms with Crippen molar-refractivity contribution in [3.8, 4) is 23.0 Å². The molecule has 9 nitrogen and oxygen atoms in total. The lowest BCUT2D eigenvalue weighted by Gasteiger charge is -2.10. The molecule has 0 aliphatic heterocycles. The third kappa shape index (κ3) is 2.96. The van der Waals surface area contributed by atoms with Gasteiger partial charge in [-0.15, -0.1) is 0 Å². The number of methoxy groups -OCH3 is 1. The molecule has 0 saturated heterocycles. The highest BCUT2D eigenvalue weighted by Gasteiger charge is 2.27. The Morgan fingerprint density at radius 1 is 0.750 bits per heavy atom. The fourth-order valence-corrected chi connectivity index (χ4v) is 4.83. The summed E-state index contributed by atoms with van der Waals surface area (Å²) in [6, 6.07) is 16.5. The maximum atomic E-state index is 13.7. The van der Waals surface area contributed by atoms with Crippen molar-refractivity contribution in [3.63, 3.8) is 0 Å². The van der Waals surface area contributed by atoms with E-state index in [1.807, 2.05) is 0 Å². The zero-order valence-corrected chi connectivity index (χ0v) is 18.8. The van der Waals surface area contributed by atoms with Crippen LogP contribution in [0, 0.1) is 0 Å². The second-order valence-corrected chi connectivity index (χ2v) is 8.25. The Bertz CT molecular complexity index is 1880. The van der Waals surface area contributed by atoms with Crippen LogP contribution in [0.15, 0.2) is 73.1 Å². The number of fused-ring (bicyclic) bond motifs is 6. The monoisotopic (exact) mass is 482 g/mol. The minimum Gasteiger partial charge on any atom is -0.506 e. The van der Waals surface area contributed by atoms with Gasteiger partial charge in [-0.3, -0.25) is 0 Å². The molecule has 0 fully saturated rings. The van der Waals surface area contributed by atoms with E-state index in [-0.39, 0.29) is 39.6 Å². The van der Waals surface area contributed by atoms with Gasteiger partial charge in [-0.05, 0) is 12.1 Å². The summed E-state index contributed by atoms with van der Waals surface area (Å²) in [5, 5.41) is 31.6. The summed E-state index contributed by atoms with van der Waals surface area (Å²) in [6.45, 7) is 0. The van der Waals surface area contributed by atoms with Crippen molar-refractivity contribution >= 4 is 44.8 Å². The molecule has 0 amide bonds. The first kappa shape index (κ1) is 21.4. The number of rotatable bonds is 4. The number of para-hydroxylation sites is 2. The summed E-state index contributed by atoms with van der Waals surface area (Å²) in [6.07, 6.45) is 2.84. The van der Waals surface area contributed by atoms with Gasteiger partial charge in [-0.1, -0.05) is 36.4 Å². The number of hydrogen-bond acceptors (Lipinski definition) is 6. The van der Waals surface area contributed by atoms with E-state index in [1.165, 1.54) is 36.0 Å². The molecule has 2 aromatic carbocycles. The smallest absolute Gasteiger partial charge is 0.346 e. The van der Waals surface area contributed by atoms with Gasteiger partial charge in [0.15, 0.2) is 5.75 Å². The number of carbonyl (C=O) groups excluding carboxylic acids is 1. The van der Waals surface area contributed by atoms with E-state index in [1.54, 1.807) is 52.9 Å². The minimum atomic E-state index is -1.20. The molecule has 6 rings (SSSR count). The predicted octanol–water partition coefficient (Wildman–Crippen LogP) is 4.84. The van der Waals surface area contributed by atoms with Gasteiger partial charge in [0.1, 0.15) is 28.3 Å². The largest absolute Gasteiger partial charge is 0.506 e. The Morgan fingerprint density at radius 3 is 1.81 bits per heavy atom. The second-order valence-electron chi connectivity index (χ2n) is 8.25. The van der Waals surface area contributed by atoms with Gasteiger partial charge in [-0.2, -0.15) is 0 Å². The average molecular weight is 482 g/mol. The molecule has 36 heavy (non-hydrogen) atoms. The summed E-state index contributed by atoms with van der Waals surface area (Å²) >= 11 is 0. The quantitative estimate of drug-likeness (QED) is 0.308. The van der Waals surface area contributed by atoms with Crippen LogP contribution < -0.4 is 9.47 Å². The van der Waals surface area contributed by atoms with Gasteiger partial charge < -0.3 is 33.6 Å². The minimum absolute atomic E-state index is 0.0532. The Balaban J connectivity index is 1.63. The molecule has 9 heteroatoms. The van der Waals surface area contributed by atoms with Crippen LogP contribution in [-0.2, 0) is 0 Å². The highest BCUT2D eigenvalue weighted by Crippen LogP contribution is 2.39. The van der Waals surface area contributed by atoms with Crippen LogP contribution in [0.5, 0.6) is 23.0 Å². The number of ether oxygens (including phenoxy) is 2.